The molecule has 3 rings (SSSR count). The van der Waals surface area contributed by atoms with Crippen molar-refractivity contribution in [1.29, 1.82) is 0 Å². The summed E-state index contributed by atoms with van der Waals surface area (Å²) in [6.07, 6.45) is 7.82. The molecule has 2 heterocycles. The summed E-state index contributed by atoms with van der Waals surface area (Å²) in [7, 11) is -3.46. The summed E-state index contributed by atoms with van der Waals surface area (Å²) in [6.45, 7) is 2.96. The predicted octanol–water partition coefficient (Wildman–Crippen LogP) is 2.55. The number of rotatable bonds is 3. The Morgan fingerprint density at radius 2 is 1.76 bits per heavy atom. The molecular formula is C14H23N3O3S. The van der Waals surface area contributed by atoms with Crippen molar-refractivity contribution in [2.24, 2.45) is 0 Å². The van der Waals surface area contributed by atoms with Crippen LogP contribution < -0.4 is 4.90 Å². The van der Waals surface area contributed by atoms with Crippen molar-refractivity contribution >= 4 is 15.9 Å². The third-order valence-electron chi connectivity index (χ3n) is 4.68. The molecule has 1 aromatic rings. The van der Waals surface area contributed by atoms with E-state index in [-0.39, 0.29) is 10.5 Å². The molecule has 1 aliphatic heterocycles. The van der Waals surface area contributed by atoms with E-state index in [0.29, 0.717) is 24.9 Å². The molecule has 118 valence electrons. The summed E-state index contributed by atoms with van der Waals surface area (Å²) in [6, 6.07) is 0.681. The zero-order valence-electron chi connectivity index (χ0n) is 12.5. The van der Waals surface area contributed by atoms with E-state index in [2.05, 4.69) is 17.1 Å². The van der Waals surface area contributed by atoms with E-state index < -0.39 is 9.84 Å². The van der Waals surface area contributed by atoms with E-state index in [4.69, 9.17) is 4.42 Å². The summed E-state index contributed by atoms with van der Waals surface area (Å²) in [4.78, 5) is 2.02. The molecule has 0 amide bonds. The van der Waals surface area contributed by atoms with Gasteiger partial charge in [0.05, 0.1) is 5.25 Å². The summed E-state index contributed by atoms with van der Waals surface area (Å²) < 4.78 is 30.6. The first-order valence-electron chi connectivity index (χ1n) is 7.93. The average molecular weight is 313 g/mol. The standard InChI is InChI=1S/C14H23N3O3S/c1-11-7-5-6-10-17(11)13-15-16-14(20-13)21(18,19)12-8-3-2-4-9-12/h11-12H,2-10H2,1H3. The largest absolute Gasteiger partial charge is 0.394 e. The van der Waals surface area contributed by atoms with Crippen LogP contribution in [0.3, 0.4) is 0 Å². The first-order valence-corrected chi connectivity index (χ1v) is 9.48. The Labute approximate surface area is 125 Å². The van der Waals surface area contributed by atoms with Crippen molar-refractivity contribution in [1.82, 2.24) is 10.2 Å². The molecule has 1 aromatic heterocycles. The molecule has 6 nitrogen and oxygen atoms in total. The number of sulfone groups is 1. The van der Waals surface area contributed by atoms with Crippen molar-refractivity contribution in [3.63, 3.8) is 0 Å². The summed E-state index contributed by atoms with van der Waals surface area (Å²) in [5, 5.41) is 7.27. The van der Waals surface area contributed by atoms with Crippen LogP contribution in [0.15, 0.2) is 9.64 Å². The number of piperidine rings is 1. The fourth-order valence-corrected chi connectivity index (χ4v) is 4.92. The lowest BCUT2D eigenvalue weighted by atomic mass is 10.0. The minimum atomic E-state index is -3.46. The fraction of sp³-hybridized carbons (Fsp3) is 0.857. The maximum atomic E-state index is 12.6. The Hall–Kier alpha value is -1.11. The van der Waals surface area contributed by atoms with Gasteiger partial charge in [-0.05, 0) is 39.0 Å². The van der Waals surface area contributed by atoms with E-state index >= 15 is 0 Å². The monoisotopic (exact) mass is 313 g/mol. The van der Waals surface area contributed by atoms with Gasteiger partial charge in [-0.1, -0.05) is 29.5 Å². The highest BCUT2D eigenvalue weighted by Gasteiger charge is 2.34. The van der Waals surface area contributed by atoms with Gasteiger partial charge in [-0.15, -0.1) is 0 Å². The maximum Gasteiger partial charge on any atom is 0.337 e. The van der Waals surface area contributed by atoms with E-state index in [9.17, 15) is 8.42 Å². The highest BCUT2D eigenvalue weighted by molar-refractivity contribution is 7.91. The normalized spacial score (nSPS) is 25.2. The molecule has 0 aromatic carbocycles. The van der Waals surface area contributed by atoms with Crippen LogP contribution in [0.5, 0.6) is 0 Å². The van der Waals surface area contributed by atoms with Crippen LogP contribution in [0.25, 0.3) is 0 Å². The zero-order chi connectivity index (χ0) is 14.9. The molecule has 0 radical (unpaired) electrons. The lowest BCUT2D eigenvalue weighted by Gasteiger charge is -2.31. The van der Waals surface area contributed by atoms with E-state index in [1.165, 1.54) is 6.42 Å². The van der Waals surface area contributed by atoms with Gasteiger partial charge in [0.1, 0.15) is 0 Å². The van der Waals surface area contributed by atoms with Crippen LogP contribution in [0.4, 0.5) is 6.01 Å². The van der Waals surface area contributed by atoms with E-state index in [1.54, 1.807) is 0 Å². The molecular weight excluding hydrogens is 290 g/mol. The van der Waals surface area contributed by atoms with E-state index in [0.717, 1.165) is 38.6 Å². The minimum absolute atomic E-state index is 0.192. The van der Waals surface area contributed by atoms with Crippen LogP contribution in [-0.4, -0.2) is 36.5 Å². The highest BCUT2D eigenvalue weighted by Crippen LogP contribution is 2.30. The highest BCUT2D eigenvalue weighted by atomic mass is 32.2. The molecule has 2 aliphatic rings. The second-order valence-corrected chi connectivity index (χ2v) is 8.30. The lowest BCUT2D eigenvalue weighted by molar-refractivity contribution is 0.386. The van der Waals surface area contributed by atoms with Crippen LogP contribution in [0.2, 0.25) is 0 Å². The second-order valence-electron chi connectivity index (χ2n) is 6.19. The fourth-order valence-electron chi connectivity index (χ4n) is 3.33. The smallest absolute Gasteiger partial charge is 0.337 e. The number of nitrogens with zero attached hydrogens (tertiary/aromatic N) is 3. The number of hydrogen-bond donors (Lipinski definition) is 0. The molecule has 2 fully saturated rings. The molecule has 7 heteroatoms. The number of hydrogen-bond acceptors (Lipinski definition) is 6. The molecule has 1 saturated heterocycles. The first kappa shape index (κ1) is 14.8. The van der Waals surface area contributed by atoms with Gasteiger partial charge in [-0.2, -0.15) is 0 Å². The van der Waals surface area contributed by atoms with Gasteiger partial charge in [0.15, 0.2) is 0 Å². The van der Waals surface area contributed by atoms with Crippen molar-refractivity contribution < 1.29 is 12.8 Å². The van der Waals surface area contributed by atoms with Gasteiger partial charge in [-0.3, -0.25) is 0 Å². The van der Waals surface area contributed by atoms with Crippen molar-refractivity contribution in [3.05, 3.63) is 0 Å². The summed E-state index contributed by atoms with van der Waals surface area (Å²) >= 11 is 0. The Balaban J connectivity index is 1.80. The molecule has 0 bridgehead atoms. The minimum Gasteiger partial charge on any atom is -0.394 e. The quantitative estimate of drug-likeness (QED) is 0.853. The molecule has 1 saturated carbocycles. The molecule has 0 N–H and O–H groups in total. The second kappa shape index (κ2) is 5.94. The summed E-state index contributed by atoms with van der Waals surface area (Å²) in [5.41, 5.74) is 0. The van der Waals surface area contributed by atoms with Crippen LogP contribution >= 0.6 is 0 Å². The SMILES string of the molecule is CC1CCCCN1c1nnc(S(=O)(=O)C2CCCCC2)o1. The molecule has 21 heavy (non-hydrogen) atoms. The molecule has 1 unspecified atom stereocenters. The van der Waals surface area contributed by atoms with Crippen LogP contribution in [-0.2, 0) is 9.84 Å². The maximum absolute atomic E-state index is 12.6. The first-order chi connectivity index (χ1) is 10.1. The van der Waals surface area contributed by atoms with Crippen molar-refractivity contribution in [3.8, 4) is 0 Å². The van der Waals surface area contributed by atoms with Crippen LogP contribution in [0.1, 0.15) is 58.3 Å². The van der Waals surface area contributed by atoms with Gasteiger partial charge in [0, 0.05) is 12.6 Å². The van der Waals surface area contributed by atoms with Gasteiger partial charge in [0.25, 0.3) is 0 Å². The number of aromatic nitrogens is 2. The average Bonchev–Trinajstić information content (AvgIpc) is 2.99. The Bertz CT molecular complexity index is 578. The molecule has 1 atom stereocenters. The number of anilines is 1. The van der Waals surface area contributed by atoms with Gasteiger partial charge >= 0.3 is 11.2 Å². The summed E-state index contributed by atoms with van der Waals surface area (Å²) in [5.74, 6) is 0. The van der Waals surface area contributed by atoms with Gasteiger partial charge in [0.2, 0.25) is 9.84 Å². The van der Waals surface area contributed by atoms with Gasteiger partial charge < -0.3 is 9.32 Å². The molecule has 1 aliphatic carbocycles. The Morgan fingerprint density at radius 1 is 1.05 bits per heavy atom. The lowest BCUT2D eigenvalue weighted by Crippen LogP contribution is -2.37. The van der Waals surface area contributed by atoms with E-state index in [1.807, 2.05) is 4.90 Å². The Morgan fingerprint density at radius 3 is 2.48 bits per heavy atom. The molecule has 0 spiro atoms. The van der Waals surface area contributed by atoms with Gasteiger partial charge in [-0.25, -0.2) is 8.42 Å². The third-order valence-corrected chi connectivity index (χ3v) is 6.68. The van der Waals surface area contributed by atoms with Crippen molar-refractivity contribution in [2.45, 2.75) is 74.8 Å². The third kappa shape index (κ3) is 2.93. The zero-order valence-corrected chi connectivity index (χ0v) is 13.3. The topological polar surface area (TPSA) is 76.3 Å². The van der Waals surface area contributed by atoms with Crippen molar-refractivity contribution in [2.75, 3.05) is 11.4 Å². The Kier molecular flexibility index (Phi) is 4.19. The predicted molar refractivity (Wildman–Crippen MR) is 79.0 cm³/mol. The van der Waals surface area contributed by atoms with Crippen LogP contribution in [0, 0.1) is 0 Å².